The van der Waals surface area contributed by atoms with Crippen molar-refractivity contribution in [2.45, 2.75) is 31.4 Å². The molecule has 2 nitrogen and oxygen atoms in total. The van der Waals surface area contributed by atoms with Gasteiger partial charge in [-0.15, -0.1) is 0 Å². The van der Waals surface area contributed by atoms with Crippen molar-refractivity contribution >= 4 is 11.8 Å². The lowest BCUT2D eigenvalue weighted by Crippen LogP contribution is -2.11. The van der Waals surface area contributed by atoms with Crippen LogP contribution < -0.4 is 10.5 Å². The highest BCUT2D eigenvalue weighted by Crippen LogP contribution is 2.27. The van der Waals surface area contributed by atoms with Crippen LogP contribution >= 0.6 is 11.8 Å². The van der Waals surface area contributed by atoms with Gasteiger partial charge in [-0.1, -0.05) is 12.1 Å². The molecule has 1 aliphatic carbocycles. The van der Waals surface area contributed by atoms with E-state index in [1.54, 1.807) is 0 Å². The van der Waals surface area contributed by atoms with Crippen LogP contribution in [0, 0.1) is 0 Å². The number of hydrogen-bond donors (Lipinski definition) is 1. The molecule has 1 aromatic rings. The van der Waals surface area contributed by atoms with E-state index in [9.17, 15) is 0 Å². The molecule has 1 fully saturated rings. The maximum atomic E-state index is 6.09. The van der Waals surface area contributed by atoms with Gasteiger partial charge in [0.25, 0.3) is 0 Å². The van der Waals surface area contributed by atoms with Gasteiger partial charge in [0, 0.05) is 6.04 Å². The van der Waals surface area contributed by atoms with Crippen molar-refractivity contribution in [2.75, 3.05) is 12.0 Å². The van der Waals surface area contributed by atoms with Gasteiger partial charge in [0.2, 0.25) is 0 Å². The molecule has 88 valence electrons. The maximum Gasteiger partial charge on any atom is 0.119 e. The van der Waals surface area contributed by atoms with Crippen LogP contribution in [-0.4, -0.2) is 18.1 Å². The van der Waals surface area contributed by atoms with Gasteiger partial charge in [0.15, 0.2) is 0 Å². The fraction of sp³-hybridized carbons (Fsp3) is 0.538. The molecule has 1 aliphatic rings. The monoisotopic (exact) mass is 237 g/mol. The predicted molar refractivity (Wildman–Crippen MR) is 70.0 cm³/mol. The number of rotatable bonds is 6. The first-order valence-corrected chi connectivity index (χ1v) is 7.20. The fourth-order valence-electron chi connectivity index (χ4n) is 1.58. The molecular weight excluding hydrogens is 218 g/mol. The minimum atomic E-state index is 0.155. The fourth-order valence-corrected chi connectivity index (χ4v) is 2.07. The molecule has 3 heteroatoms. The Labute approximate surface area is 102 Å². The van der Waals surface area contributed by atoms with Crippen LogP contribution in [0.1, 0.15) is 30.9 Å². The van der Waals surface area contributed by atoms with E-state index in [4.69, 9.17) is 10.5 Å². The summed E-state index contributed by atoms with van der Waals surface area (Å²) in [4.78, 5) is 0. The molecule has 2 rings (SSSR count). The standard InChI is InChI=1S/C13H19NOS/c1-16-9-8-13(14)10-2-4-11(5-3-10)15-12-6-7-12/h2-5,12-13H,6-9,14H2,1H3. The number of nitrogens with two attached hydrogens (primary N) is 1. The average Bonchev–Trinajstić information content (AvgIpc) is 3.11. The molecule has 0 aromatic heterocycles. The average molecular weight is 237 g/mol. The Balaban J connectivity index is 1.89. The lowest BCUT2D eigenvalue weighted by Gasteiger charge is -2.12. The summed E-state index contributed by atoms with van der Waals surface area (Å²) in [6, 6.07) is 8.40. The molecule has 2 N–H and O–H groups in total. The second kappa shape index (κ2) is 5.60. The molecular formula is C13H19NOS. The van der Waals surface area contributed by atoms with E-state index in [-0.39, 0.29) is 6.04 Å². The summed E-state index contributed by atoms with van der Waals surface area (Å²) < 4.78 is 5.70. The van der Waals surface area contributed by atoms with Gasteiger partial charge in [-0.2, -0.15) is 11.8 Å². The summed E-state index contributed by atoms with van der Waals surface area (Å²) in [5.41, 5.74) is 7.30. The molecule has 1 saturated carbocycles. The van der Waals surface area contributed by atoms with Crippen molar-refractivity contribution in [2.24, 2.45) is 5.73 Å². The zero-order valence-electron chi connectivity index (χ0n) is 9.69. The van der Waals surface area contributed by atoms with E-state index in [1.165, 1.54) is 18.4 Å². The maximum absolute atomic E-state index is 6.09. The van der Waals surface area contributed by atoms with E-state index in [0.29, 0.717) is 6.10 Å². The van der Waals surface area contributed by atoms with Gasteiger partial charge in [-0.05, 0) is 49.0 Å². The lowest BCUT2D eigenvalue weighted by molar-refractivity contribution is 0.303. The highest BCUT2D eigenvalue weighted by molar-refractivity contribution is 7.98. The smallest absolute Gasteiger partial charge is 0.119 e. The first-order valence-electron chi connectivity index (χ1n) is 5.80. The third-order valence-corrected chi connectivity index (χ3v) is 3.41. The molecule has 0 aliphatic heterocycles. The van der Waals surface area contributed by atoms with Crippen LogP contribution in [0.15, 0.2) is 24.3 Å². The zero-order valence-corrected chi connectivity index (χ0v) is 10.5. The molecule has 0 saturated heterocycles. The van der Waals surface area contributed by atoms with Crippen LogP contribution in [0.4, 0.5) is 0 Å². The van der Waals surface area contributed by atoms with Crippen molar-refractivity contribution in [3.05, 3.63) is 29.8 Å². The zero-order chi connectivity index (χ0) is 11.4. The molecule has 1 atom stereocenters. The van der Waals surface area contributed by atoms with Gasteiger partial charge in [-0.3, -0.25) is 0 Å². The summed E-state index contributed by atoms with van der Waals surface area (Å²) in [5, 5.41) is 0. The molecule has 16 heavy (non-hydrogen) atoms. The minimum absolute atomic E-state index is 0.155. The van der Waals surface area contributed by atoms with E-state index in [1.807, 2.05) is 23.9 Å². The number of hydrogen-bond acceptors (Lipinski definition) is 3. The van der Waals surface area contributed by atoms with Gasteiger partial charge in [0.05, 0.1) is 6.10 Å². The molecule has 1 aromatic carbocycles. The Hall–Kier alpha value is -0.670. The predicted octanol–water partition coefficient (Wildman–Crippen LogP) is 2.98. The molecule has 0 amide bonds. The second-order valence-electron chi connectivity index (χ2n) is 4.27. The molecule has 0 heterocycles. The number of ether oxygens (including phenoxy) is 1. The Morgan fingerprint density at radius 2 is 2.06 bits per heavy atom. The van der Waals surface area contributed by atoms with E-state index < -0.39 is 0 Å². The highest BCUT2D eigenvalue weighted by Gasteiger charge is 2.23. The summed E-state index contributed by atoms with van der Waals surface area (Å²) in [7, 11) is 0. The first-order chi connectivity index (χ1) is 7.79. The van der Waals surface area contributed by atoms with Gasteiger partial charge < -0.3 is 10.5 Å². The van der Waals surface area contributed by atoms with E-state index in [0.717, 1.165) is 17.9 Å². The lowest BCUT2D eigenvalue weighted by atomic mass is 10.1. The Morgan fingerprint density at radius 3 is 2.62 bits per heavy atom. The summed E-state index contributed by atoms with van der Waals surface area (Å²) in [6.45, 7) is 0. The third-order valence-electron chi connectivity index (χ3n) is 2.77. The summed E-state index contributed by atoms with van der Waals surface area (Å²) in [6.07, 6.45) is 6.02. The van der Waals surface area contributed by atoms with Crippen molar-refractivity contribution in [1.82, 2.24) is 0 Å². The minimum Gasteiger partial charge on any atom is -0.490 e. The van der Waals surface area contributed by atoms with Gasteiger partial charge in [0.1, 0.15) is 5.75 Å². The Morgan fingerprint density at radius 1 is 1.38 bits per heavy atom. The SMILES string of the molecule is CSCCC(N)c1ccc(OC2CC2)cc1. The molecule has 0 radical (unpaired) electrons. The van der Waals surface area contributed by atoms with Crippen molar-refractivity contribution in [3.63, 3.8) is 0 Å². The number of thioether (sulfide) groups is 1. The highest BCUT2D eigenvalue weighted by atomic mass is 32.2. The van der Waals surface area contributed by atoms with E-state index in [2.05, 4.69) is 18.4 Å². The van der Waals surface area contributed by atoms with Crippen LogP contribution in [0.2, 0.25) is 0 Å². The molecule has 0 spiro atoms. The first kappa shape index (κ1) is 11.8. The van der Waals surface area contributed by atoms with Crippen LogP contribution in [0.5, 0.6) is 5.75 Å². The van der Waals surface area contributed by atoms with Crippen LogP contribution in [-0.2, 0) is 0 Å². The van der Waals surface area contributed by atoms with E-state index >= 15 is 0 Å². The second-order valence-corrected chi connectivity index (χ2v) is 5.26. The largest absolute Gasteiger partial charge is 0.490 e. The van der Waals surface area contributed by atoms with Gasteiger partial charge in [-0.25, -0.2) is 0 Å². The van der Waals surface area contributed by atoms with Gasteiger partial charge >= 0.3 is 0 Å². The normalized spacial score (nSPS) is 17.1. The molecule has 0 bridgehead atoms. The van der Waals surface area contributed by atoms with Crippen molar-refractivity contribution in [3.8, 4) is 5.75 Å². The van der Waals surface area contributed by atoms with Crippen molar-refractivity contribution < 1.29 is 4.74 Å². The topological polar surface area (TPSA) is 35.2 Å². The molecule has 1 unspecified atom stereocenters. The van der Waals surface area contributed by atoms with Crippen LogP contribution in [0.3, 0.4) is 0 Å². The quantitative estimate of drug-likeness (QED) is 0.826. The third kappa shape index (κ3) is 3.42. The summed E-state index contributed by atoms with van der Waals surface area (Å²) >= 11 is 1.84. The summed E-state index contributed by atoms with van der Waals surface area (Å²) in [5.74, 6) is 2.09. The van der Waals surface area contributed by atoms with Crippen LogP contribution in [0.25, 0.3) is 0 Å². The Kier molecular flexibility index (Phi) is 4.13. The Bertz CT molecular complexity index is 321. The number of benzene rings is 1. The van der Waals surface area contributed by atoms with Crippen molar-refractivity contribution in [1.29, 1.82) is 0 Å².